The Hall–Kier alpha value is -3.26. The fourth-order valence-corrected chi connectivity index (χ4v) is 4.72. The summed E-state index contributed by atoms with van der Waals surface area (Å²) in [5.74, 6) is 0.251. The minimum Gasteiger partial charge on any atom is -0.497 e. The van der Waals surface area contributed by atoms with E-state index in [0.717, 1.165) is 0 Å². The molecule has 1 N–H and O–H groups in total. The minimum absolute atomic E-state index is 0.0971. The van der Waals surface area contributed by atoms with Crippen LogP contribution in [-0.2, 0) is 20.9 Å². The Kier molecular flexibility index (Phi) is 4.32. The van der Waals surface area contributed by atoms with Gasteiger partial charge in [0.1, 0.15) is 22.9 Å². The zero-order chi connectivity index (χ0) is 20.9. The number of anilines is 1. The van der Waals surface area contributed by atoms with Gasteiger partial charge in [-0.25, -0.2) is 0 Å². The molecule has 8 nitrogen and oxygen atoms in total. The molecule has 3 aliphatic heterocycles. The molecule has 4 heterocycles. The Labute approximate surface area is 173 Å². The van der Waals surface area contributed by atoms with Gasteiger partial charge in [0.25, 0.3) is 0 Å². The van der Waals surface area contributed by atoms with Gasteiger partial charge in [-0.05, 0) is 24.3 Å². The summed E-state index contributed by atoms with van der Waals surface area (Å²) in [5.41, 5.74) is -0.248. The summed E-state index contributed by atoms with van der Waals surface area (Å²) in [6.45, 7) is 0.756. The van der Waals surface area contributed by atoms with Crippen LogP contribution in [0, 0.1) is 11.8 Å². The van der Waals surface area contributed by atoms with Crippen molar-refractivity contribution in [2.75, 3.05) is 26.1 Å². The zero-order valence-electron chi connectivity index (χ0n) is 16.7. The van der Waals surface area contributed by atoms with E-state index in [1.165, 1.54) is 7.11 Å². The van der Waals surface area contributed by atoms with Crippen LogP contribution in [-0.4, -0.2) is 49.2 Å². The Morgan fingerprint density at radius 1 is 1.30 bits per heavy atom. The number of rotatable bonds is 6. The highest BCUT2D eigenvalue weighted by molar-refractivity contribution is 6.00. The van der Waals surface area contributed by atoms with Crippen molar-refractivity contribution in [2.45, 2.75) is 18.2 Å². The normalized spacial score (nSPS) is 28.7. The minimum atomic E-state index is -0.764. The molecule has 2 saturated heterocycles. The summed E-state index contributed by atoms with van der Waals surface area (Å²) in [7, 11) is 3.08. The highest BCUT2D eigenvalue weighted by Gasteiger charge is 2.66. The first-order chi connectivity index (χ1) is 14.5. The number of carbonyl (C=O) groups excluding carboxylic acids is 2. The van der Waals surface area contributed by atoms with Crippen LogP contribution in [0.5, 0.6) is 11.5 Å². The fraction of sp³-hybridized carbons (Fsp3) is 0.364. The number of amides is 2. The van der Waals surface area contributed by atoms with E-state index in [1.54, 1.807) is 42.5 Å². The SMILES string of the molecule is COc1ccc(NC(=O)C2[C@H]3C=C[C@@]4(CN(Cc5ccco5)C(=O)[C@@H]24)O3)c(OC)c1. The topological polar surface area (TPSA) is 90.2 Å². The van der Waals surface area contributed by atoms with Gasteiger partial charge in [0.05, 0.1) is 57.2 Å². The Morgan fingerprint density at radius 3 is 2.90 bits per heavy atom. The van der Waals surface area contributed by atoms with Gasteiger partial charge >= 0.3 is 0 Å². The molecule has 4 atom stereocenters. The molecule has 5 rings (SSSR count). The van der Waals surface area contributed by atoms with E-state index in [1.807, 2.05) is 18.2 Å². The number of benzene rings is 1. The summed E-state index contributed by atoms with van der Waals surface area (Å²) >= 11 is 0. The van der Waals surface area contributed by atoms with E-state index in [9.17, 15) is 9.59 Å². The van der Waals surface area contributed by atoms with Crippen molar-refractivity contribution in [3.63, 3.8) is 0 Å². The van der Waals surface area contributed by atoms with E-state index in [2.05, 4.69) is 5.32 Å². The number of methoxy groups -OCH3 is 2. The van der Waals surface area contributed by atoms with Crippen molar-refractivity contribution in [1.29, 1.82) is 0 Å². The molecule has 2 amide bonds. The van der Waals surface area contributed by atoms with Crippen molar-refractivity contribution in [3.8, 4) is 11.5 Å². The van der Waals surface area contributed by atoms with E-state index in [0.29, 0.717) is 36.0 Å². The molecule has 30 heavy (non-hydrogen) atoms. The maximum absolute atomic E-state index is 13.2. The molecule has 1 aromatic carbocycles. The summed E-state index contributed by atoms with van der Waals surface area (Å²) in [5, 5.41) is 2.91. The third-order valence-electron chi connectivity index (χ3n) is 6.07. The molecule has 1 unspecified atom stereocenters. The van der Waals surface area contributed by atoms with Gasteiger partial charge < -0.3 is 28.8 Å². The predicted molar refractivity (Wildman–Crippen MR) is 106 cm³/mol. The third kappa shape index (κ3) is 2.79. The molecule has 156 valence electrons. The number of hydrogen-bond acceptors (Lipinski definition) is 6. The zero-order valence-corrected chi connectivity index (χ0v) is 16.7. The second kappa shape index (κ2) is 6.91. The summed E-state index contributed by atoms with van der Waals surface area (Å²) in [6, 6.07) is 8.76. The van der Waals surface area contributed by atoms with Crippen LogP contribution in [0.1, 0.15) is 5.76 Å². The van der Waals surface area contributed by atoms with Crippen LogP contribution >= 0.6 is 0 Å². The lowest BCUT2D eigenvalue weighted by Crippen LogP contribution is -2.41. The molecule has 2 aromatic rings. The van der Waals surface area contributed by atoms with Crippen molar-refractivity contribution in [3.05, 3.63) is 54.5 Å². The Morgan fingerprint density at radius 2 is 2.17 bits per heavy atom. The number of ether oxygens (including phenoxy) is 3. The van der Waals surface area contributed by atoms with Crippen LogP contribution in [0.4, 0.5) is 5.69 Å². The quantitative estimate of drug-likeness (QED) is 0.735. The Bertz CT molecular complexity index is 1020. The lowest BCUT2D eigenvalue weighted by Gasteiger charge is -2.24. The number of furan rings is 1. The molecule has 3 aliphatic rings. The second-order valence-electron chi connectivity index (χ2n) is 7.73. The van der Waals surface area contributed by atoms with Gasteiger partial charge in [0, 0.05) is 6.07 Å². The summed E-state index contributed by atoms with van der Waals surface area (Å²) < 4.78 is 22.1. The lowest BCUT2D eigenvalue weighted by atomic mass is 9.76. The molecule has 0 saturated carbocycles. The van der Waals surface area contributed by atoms with E-state index >= 15 is 0 Å². The number of fused-ring (bicyclic) bond motifs is 1. The highest BCUT2D eigenvalue weighted by Crippen LogP contribution is 2.52. The average molecular weight is 410 g/mol. The first-order valence-corrected chi connectivity index (χ1v) is 9.76. The van der Waals surface area contributed by atoms with Gasteiger partial charge in [-0.3, -0.25) is 9.59 Å². The van der Waals surface area contributed by atoms with Gasteiger partial charge in [0.15, 0.2) is 0 Å². The molecule has 2 fully saturated rings. The molecule has 8 heteroatoms. The second-order valence-corrected chi connectivity index (χ2v) is 7.73. The van der Waals surface area contributed by atoms with Crippen LogP contribution in [0.15, 0.2) is 53.2 Å². The van der Waals surface area contributed by atoms with Crippen molar-refractivity contribution in [2.24, 2.45) is 11.8 Å². The predicted octanol–water partition coefficient (Wildman–Crippen LogP) is 2.22. The Balaban J connectivity index is 1.38. The van der Waals surface area contributed by atoms with Crippen molar-refractivity contribution >= 4 is 17.5 Å². The number of nitrogens with one attached hydrogen (secondary N) is 1. The van der Waals surface area contributed by atoms with Crippen LogP contribution in [0.25, 0.3) is 0 Å². The van der Waals surface area contributed by atoms with Gasteiger partial charge in [-0.1, -0.05) is 12.2 Å². The van der Waals surface area contributed by atoms with E-state index in [-0.39, 0.29) is 11.8 Å². The van der Waals surface area contributed by atoms with Crippen LogP contribution < -0.4 is 14.8 Å². The summed E-state index contributed by atoms with van der Waals surface area (Å²) in [4.78, 5) is 28.2. The largest absolute Gasteiger partial charge is 0.497 e. The fourth-order valence-electron chi connectivity index (χ4n) is 4.72. The lowest BCUT2D eigenvalue weighted by molar-refractivity contribution is -0.136. The van der Waals surface area contributed by atoms with Gasteiger partial charge in [-0.15, -0.1) is 0 Å². The number of likely N-dealkylation sites (tertiary alicyclic amines) is 1. The average Bonchev–Trinajstić information content (AvgIpc) is 3.52. The third-order valence-corrected chi connectivity index (χ3v) is 6.07. The van der Waals surface area contributed by atoms with Gasteiger partial charge in [0.2, 0.25) is 11.8 Å². The molecule has 0 aliphatic carbocycles. The van der Waals surface area contributed by atoms with E-state index in [4.69, 9.17) is 18.6 Å². The molecule has 1 aromatic heterocycles. The monoisotopic (exact) mass is 410 g/mol. The molecular weight excluding hydrogens is 388 g/mol. The first kappa shape index (κ1) is 18.7. The molecule has 2 bridgehead atoms. The standard InChI is InChI=1S/C22H22N2O6/c1-27-13-5-6-15(17(10-13)28-2)23-20(25)18-16-7-8-22(30-16)12-24(21(26)19(18)22)11-14-4-3-9-29-14/h3-10,16,18-19H,11-12H2,1-2H3,(H,23,25)/t16-,18?,19-,22+/m1/s1. The van der Waals surface area contributed by atoms with Gasteiger partial charge in [-0.2, -0.15) is 0 Å². The van der Waals surface area contributed by atoms with E-state index < -0.39 is 23.5 Å². The highest BCUT2D eigenvalue weighted by atomic mass is 16.5. The number of carbonyl (C=O) groups is 2. The number of nitrogens with zero attached hydrogens (tertiary/aromatic N) is 1. The first-order valence-electron chi connectivity index (χ1n) is 9.76. The van der Waals surface area contributed by atoms with Crippen molar-refractivity contribution in [1.82, 2.24) is 4.90 Å². The maximum Gasteiger partial charge on any atom is 0.231 e. The van der Waals surface area contributed by atoms with Crippen molar-refractivity contribution < 1.29 is 28.2 Å². The molecular formula is C22H22N2O6. The molecule has 1 spiro atoms. The molecule has 0 radical (unpaired) electrons. The van der Waals surface area contributed by atoms with Crippen LogP contribution in [0.2, 0.25) is 0 Å². The smallest absolute Gasteiger partial charge is 0.231 e. The maximum atomic E-state index is 13.2. The van der Waals surface area contributed by atoms with Crippen LogP contribution in [0.3, 0.4) is 0 Å². The summed E-state index contributed by atoms with van der Waals surface area (Å²) in [6.07, 6.45) is 4.97. The number of hydrogen-bond donors (Lipinski definition) is 1.